The predicted molar refractivity (Wildman–Crippen MR) is 98.7 cm³/mol. The number of methoxy groups -OCH3 is 1. The van der Waals surface area contributed by atoms with Gasteiger partial charge in [-0.1, -0.05) is 5.16 Å². The number of aromatic amines is 1. The van der Waals surface area contributed by atoms with E-state index in [-0.39, 0.29) is 31.2 Å². The zero-order valence-electron chi connectivity index (χ0n) is 15.7. The van der Waals surface area contributed by atoms with Crippen molar-refractivity contribution >= 4 is 11.9 Å². The maximum absolute atomic E-state index is 12.7. The summed E-state index contributed by atoms with van der Waals surface area (Å²) in [4.78, 5) is 36.9. The van der Waals surface area contributed by atoms with Crippen molar-refractivity contribution in [1.29, 1.82) is 0 Å². The molecule has 10 heteroatoms. The second-order valence-corrected chi connectivity index (χ2v) is 6.65. The topological polar surface area (TPSA) is 134 Å². The molecule has 150 valence electrons. The van der Waals surface area contributed by atoms with Crippen molar-refractivity contribution in [2.75, 3.05) is 7.11 Å². The second kappa shape index (κ2) is 7.74. The Morgan fingerprint density at radius 3 is 2.83 bits per heavy atom. The highest BCUT2D eigenvalue weighted by atomic mass is 16.5. The molecule has 0 bridgehead atoms. The van der Waals surface area contributed by atoms with Crippen LogP contribution in [0.1, 0.15) is 36.2 Å². The standard InChI is InChI=1S/C19H19N5O5/c1-28-12-4-2-11(3-5-12)18-22-19(29-23-18)15-8-13-14(21-10-20-13)9-24(15)16(25)6-7-17(26)27/h2-5,10,15H,6-9H2,1H3,(H,20,21)(H,26,27)/t15-/m0/s1. The van der Waals surface area contributed by atoms with Gasteiger partial charge in [-0.05, 0) is 24.3 Å². The van der Waals surface area contributed by atoms with E-state index in [0.717, 1.165) is 17.0 Å². The molecule has 2 aromatic heterocycles. The minimum Gasteiger partial charge on any atom is -0.497 e. The Bertz CT molecular complexity index is 1030. The van der Waals surface area contributed by atoms with Gasteiger partial charge in [0.05, 0.1) is 37.8 Å². The van der Waals surface area contributed by atoms with Crippen LogP contribution in [-0.4, -0.2) is 49.1 Å². The van der Waals surface area contributed by atoms with Crippen LogP contribution in [0.25, 0.3) is 11.4 Å². The Kier molecular flexibility index (Phi) is 4.98. The van der Waals surface area contributed by atoms with Gasteiger partial charge in [-0.3, -0.25) is 9.59 Å². The first-order chi connectivity index (χ1) is 14.0. The number of nitrogens with zero attached hydrogens (tertiary/aromatic N) is 4. The molecule has 1 aliphatic rings. The summed E-state index contributed by atoms with van der Waals surface area (Å²) in [5.41, 5.74) is 2.39. The lowest BCUT2D eigenvalue weighted by Crippen LogP contribution is -2.39. The molecule has 1 atom stereocenters. The number of nitrogens with one attached hydrogen (secondary N) is 1. The lowest BCUT2D eigenvalue weighted by atomic mass is 10.0. The van der Waals surface area contributed by atoms with Gasteiger partial charge in [0.1, 0.15) is 11.8 Å². The van der Waals surface area contributed by atoms with E-state index in [1.807, 2.05) is 12.1 Å². The third-order valence-electron chi connectivity index (χ3n) is 4.85. The molecule has 0 saturated heterocycles. The molecule has 1 aliphatic heterocycles. The molecule has 0 spiro atoms. The van der Waals surface area contributed by atoms with Gasteiger partial charge in [-0.15, -0.1) is 0 Å². The number of hydrogen-bond acceptors (Lipinski definition) is 7. The van der Waals surface area contributed by atoms with E-state index < -0.39 is 12.0 Å². The predicted octanol–water partition coefficient (Wildman–Crippen LogP) is 1.96. The van der Waals surface area contributed by atoms with E-state index in [1.54, 1.807) is 30.5 Å². The number of benzene rings is 1. The molecule has 10 nitrogen and oxygen atoms in total. The van der Waals surface area contributed by atoms with Crippen molar-refractivity contribution in [2.24, 2.45) is 0 Å². The molecule has 0 aliphatic carbocycles. The number of carboxylic acids is 1. The van der Waals surface area contributed by atoms with Crippen molar-refractivity contribution in [3.8, 4) is 17.1 Å². The highest BCUT2D eigenvalue weighted by Gasteiger charge is 2.36. The first-order valence-electron chi connectivity index (χ1n) is 9.05. The fraction of sp³-hybridized carbons (Fsp3) is 0.316. The summed E-state index contributed by atoms with van der Waals surface area (Å²) in [6.45, 7) is 0.276. The quantitative estimate of drug-likeness (QED) is 0.644. The van der Waals surface area contributed by atoms with E-state index in [0.29, 0.717) is 18.0 Å². The number of H-pyrrole nitrogens is 1. The number of carbonyl (C=O) groups is 2. The lowest BCUT2D eigenvalue weighted by molar-refractivity contribution is -0.142. The van der Waals surface area contributed by atoms with Gasteiger partial charge >= 0.3 is 5.97 Å². The average Bonchev–Trinajstić information content (AvgIpc) is 3.40. The number of carbonyl (C=O) groups excluding carboxylic acids is 1. The largest absolute Gasteiger partial charge is 0.497 e. The Morgan fingerprint density at radius 2 is 2.10 bits per heavy atom. The zero-order valence-corrected chi connectivity index (χ0v) is 15.7. The van der Waals surface area contributed by atoms with E-state index in [1.165, 1.54) is 0 Å². The van der Waals surface area contributed by atoms with E-state index in [2.05, 4.69) is 20.1 Å². The smallest absolute Gasteiger partial charge is 0.303 e. The Balaban J connectivity index is 1.61. The van der Waals surface area contributed by atoms with Crippen LogP contribution in [-0.2, 0) is 22.6 Å². The second-order valence-electron chi connectivity index (χ2n) is 6.65. The van der Waals surface area contributed by atoms with Gasteiger partial charge in [0.2, 0.25) is 17.6 Å². The highest BCUT2D eigenvalue weighted by molar-refractivity contribution is 5.81. The van der Waals surface area contributed by atoms with Crippen LogP contribution in [0.15, 0.2) is 35.1 Å². The van der Waals surface area contributed by atoms with Crippen LogP contribution in [0.2, 0.25) is 0 Å². The zero-order chi connectivity index (χ0) is 20.4. The molecule has 0 radical (unpaired) electrons. The first kappa shape index (κ1) is 18.7. The average molecular weight is 397 g/mol. The molecule has 0 saturated carbocycles. The normalized spacial score (nSPS) is 15.8. The van der Waals surface area contributed by atoms with Gasteiger partial charge in [0.25, 0.3) is 0 Å². The number of rotatable bonds is 6. The molecule has 4 rings (SSSR count). The number of carboxylic acid groups (broad SMARTS) is 1. The number of aliphatic carboxylic acids is 1. The number of aromatic nitrogens is 4. The molecule has 1 amide bonds. The molecule has 3 aromatic rings. The monoisotopic (exact) mass is 397 g/mol. The summed E-state index contributed by atoms with van der Waals surface area (Å²) in [5.74, 6) is 0.0862. The van der Waals surface area contributed by atoms with Crippen LogP contribution in [0.5, 0.6) is 5.75 Å². The van der Waals surface area contributed by atoms with Crippen molar-refractivity contribution in [2.45, 2.75) is 31.8 Å². The number of ether oxygens (including phenoxy) is 1. The number of hydrogen-bond donors (Lipinski definition) is 2. The van der Waals surface area contributed by atoms with Crippen molar-refractivity contribution in [3.05, 3.63) is 47.9 Å². The Morgan fingerprint density at radius 1 is 1.31 bits per heavy atom. The van der Waals surface area contributed by atoms with Gasteiger partial charge < -0.3 is 24.3 Å². The number of imidazole rings is 1. The molecule has 29 heavy (non-hydrogen) atoms. The highest BCUT2D eigenvalue weighted by Crippen LogP contribution is 2.33. The van der Waals surface area contributed by atoms with E-state index >= 15 is 0 Å². The van der Waals surface area contributed by atoms with Gasteiger partial charge in [0, 0.05) is 18.4 Å². The molecular formula is C19H19N5O5. The maximum atomic E-state index is 12.7. The Hall–Kier alpha value is -3.69. The lowest BCUT2D eigenvalue weighted by Gasteiger charge is -2.32. The summed E-state index contributed by atoms with van der Waals surface area (Å²) < 4.78 is 10.6. The molecule has 3 heterocycles. The van der Waals surface area contributed by atoms with Crippen LogP contribution in [0.3, 0.4) is 0 Å². The van der Waals surface area contributed by atoms with Crippen LogP contribution in [0.4, 0.5) is 0 Å². The third kappa shape index (κ3) is 3.82. The van der Waals surface area contributed by atoms with Crippen LogP contribution >= 0.6 is 0 Å². The molecule has 1 aromatic carbocycles. The Labute approximate surface area is 165 Å². The molecular weight excluding hydrogens is 378 g/mol. The van der Waals surface area contributed by atoms with E-state index in [4.69, 9.17) is 14.4 Å². The molecule has 2 N–H and O–H groups in total. The number of fused-ring (bicyclic) bond motifs is 1. The van der Waals surface area contributed by atoms with Gasteiger partial charge in [-0.2, -0.15) is 4.98 Å². The van der Waals surface area contributed by atoms with Crippen molar-refractivity contribution < 1.29 is 24.0 Å². The minimum atomic E-state index is -1.02. The summed E-state index contributed by atoms with van der Waals surface area (Å²) in [5, 5.41) is 12.9. The number of amides is 1. The van der Waals surface area contributed by atoms with Crippen molar-refractivity contribution in [1.82, 2.24) is 25.0 Å². The third-order valence-corrected chi connectivity index (χ3v) is 4.85. The summed E-state index contributed by atoms with van der Waals surface area (Å²) in [7, 11) is 1.59. The fourth-order valence-corrected chi connectivity index (χ4v) is 3.30. The van der Waals surface area contributed by atoms with Crippen molar-refractivity contribution in [3.63, 3.8) is 0 Å². The maximum Gasteiger partial charge on any atom is 0.303 e. The van der Waals surface area contributed by atoms with Crippen LogP contribution in [0, 0.1) is 0 Å². The van der Waals surface area contributed by atoms with E-state index in [9.17, 15) is 9.59 Å². The van der Waals surface area contributed by atoms with Gasteiger partial charge in [0.15, 0.2) is 0 Å². The minimum absolute atomic E-state index is 0.102. The fourth-order valence-electron chi connectivity index (χ4n) is 3.30. The summed E-state index contributed by atoms with van der Waals surface area (Å²) in [6.07, 6.45) is 1.64. The van der Waals surface area contributed by atoms with Gasteiger partial charge in [-0.25, -0.2) is 4.98 Å². The molecule has 0 fully saturated rings. The van der Waals surface area contributed by atoms with Crippen LogP contribution < -0.4 is 4.74 Å². The summed E-state index contributed by atoms with van der Waals surface area (Å²) >= 11 is 0. The summed E-state index contributed by atoms with van der Waals surface area (Å²) in [6, 6.07) is 6.71. The molecule has 0 unspecified atom stereocenters. The SMILES string of the molecule is COc1ccc(-c2noc([C@@H]3Cc4nc[nH]c4CN3C(=O)CCC(=O)O)n2)cc1. The first-order valence-corrected chi connectivity index (χ1v) is 9.05.